The second-order valence-electron chi connectivity index (χ2n) is 0.702. The first-order valence-corrected chi connectivity index (χ1v) is 2.54. The summed E-state index contributed by atoms with van der Waals surface area (Å²) in [6.07, 6.45) is 0. The number of rotatable bonds is 0. The molecule has 0 aromatic rings. The SMILES string of the molecule is C[C](=O)[Zn]. The second-order valence-corrected chi connectivity index (χ2v) is 2.79. The van der Waals surface area contributed by atoms with E-state index in [1.54, 1.807) is 6.92 Å². The number of hydrogen-bond donors (Lipinski definition) is 0. The topological polar surface area (TPSA) is 17.1 Å². The molecular weight excluding hydrogens is 105 g/mol. The van der Waals surface area contributed by atoms with Crippen molar-refractivity contribution in [3.05, 3.63) is 0 Å². The van der Waals surface area contributed by atoms with Crippen LogP contribution in [0.3, 0.4) is 0 Å². The van der Waals surface area contributed by atoms with Crippen LogP contribution in [0.4, 0.5) is 0 Å². The first-order chi connectivity index (χ1) is 1.73. The summed E-state index contributed by atoms with van der Waals surface area (Å²) in [5, 5.41) is 0. The Morgan fingerprint density at radius 3 is 2.00 bits per heavy atom. The molecule has 0 aromatic heterocycles. The van der Waals surface area contributed by atoms with E-state index in [4.69, 9.17) is 0 Å². The van der Waals surface area contributed by atoms with Gasteiger partial charge in [-0.1, -0.05) is 0 Å². The molecule has 0 aliphatic rings. The molecule has 0 N–H and O–H groups in total. The van der Waals surface area contributed by atoms with Crippen molar-refractivity contribution in [3.63, 3.8) is 0 Å². The quantitative estimate of drug-likeness (QED) is 0.402. The van der Waals surface area contributed by atoms with Gasteiger partial charge in [-0.15, -0.1) is 0 Å². The molecule has 0 saturated heterocycles. The molecule has 0 spiro atoms. The average molecular weight is 108 g/mol. The van der Waals surface area contributed by atoms with Gasteiger partial charge in [0.25, 0.3) is 0 Å². The van der Waals surface area contributed by atoms with Crippen molar-refractivity contribution in [1.29, 1.82) is 0 Å². The first-order valence-electron chi connectivity index (χ1n) is 1.06. The van der Waals surface area contributed by atoms with Crippen LogP contribution in [-0.2, 0) is 23.1 Å². The van der Waals surface area contributed by atoms with Gasteiger partial charge in [0.15, 0.2) is 0 Å². The van der Waals surface area contributed by atoms with Gasteiger partial charge in [0.2, 0.25) is 0 Å². The predicted molar refractivity (Wildman–Crippen MR) is 10.7 cm³/mol. The second kappa shape index (κ2) is 1.60. The van der Waals surface area contributed by atoms with Crippen LogP contribution in [0.25, 0.3) is 0 Å². The molecule has 0 aliphatic heterocycles. The normalized spacial score (nSPS) is 6.75. The summed E-state index contributed by atoms with van der Waals surface area (Å²) in [4.78, 5) is 9.50. The molecule has 0 amide bonds. The van der Waals surface area contributed by atoms with Crippen molar-refractivity contribution in [2.45, 2.75) is 6.92 Å². The third-order valence-electron chi connectivity index (χ3n) is 0. The van der Waals surface area contributed by atoms with Gasteiger partial charge in [-0.25, -0.2) is 0 Å². The van der Waals surface area contributed by atoms with Gasteiger partial charge >= 0.3 is 34.4 Å². The zero-order chi connectivity index (χ0) is 3.58. The Bertz CT molecular complexity index is 29.0. The van der Waals surface area contributed by atoms with Crippen LogP contribution in [0.1, 0.15) is 6.92 Å². The standard InChI is InChI=1S/C2H3O.Zn/c1-2-3;/h1H3;. The van der Waals surface area contributed by atoms with Crippen molar-refractivity contribution >= 4 is 4.38 Å². The summed E-state index contributed by atoms with van der Waals surface area (Å²) >= 11 is 0.792. The zero-order valence-electron chi connectivity index (χ0n) is 2.62. The summed E-state index contributed by atoms with van der Waals surface area (Å²) in [6, 6.07) is 0. The Hall–Kier alpha value is 0.293. The summed E-state index contributed by atoms with van der Waals surface area (Å²) in [7, 11) is 0. The Kier molecular flexibility index (Phi) is 1.71. The van der Waals surface area contributed by atoms with Crippen molar-refractivity contribution in [1.82, 2.24) is 0 Å². The van der Waals surface area contributed by atoms with Crippen molar-refractivity contribution < 1.29 is 23.1 Å². The van der Waals surface area contributed by atoms with E-state index >= 15 is 0 Å². The summed E-state index contributed by atoms with van der Waals surface area (Å²) < 4.78 is 0.292. The molecule has 0 atom stereocenters. The molecular formula is C2H3OZn. The van der Waals surface area contributed by atoms with Crippen LogP contribution in [-0.4, -0.2) is 4.38 Å². The Morgan fingerprint density at radius 1 is 2.00 bits per heavy atom. The van der Waals surface area contributed by atoms with Gasteiger partial charge in [0.1, 0.15) is 0 Å². The van der Waals surface area contributed by atoms with Gasteiger partial charge in [-0.3, -0.25) is 0 Å². The van der Waals surface area contributed by atoms with Crippen molar-refractivity contribution in [2.24, 2.45) is 0 Å². The molecule has 0 radical (unpaired) electrons. The maximum atomic E-state index is 9.50. The minimum atomic E-state index is 0.292. The van der Waals surface area contributed by atoms with E-state index in [1.165, 1.54) is 0 Å². The fourth-order valence-corrected chi connectivity index (χ4v) is 0. The van der Waals surface area contributed by atoms with Crippen LogP contribution < -0.4 is 0 Å². The predicted octanol–water partition coefficient (Wildman–Crippen LogP) is 0.0797. The molecule has 0 heterocycles. The van der Waals surface area contributed by atoms with E-state index in [1.807, 2.05) is 0 Å². The summed E-state index contributed by atoms with van der Waals surface area (Å²) in [5.74, 6) is 0. The Morgan fingerprint density at radius 2 is 2.00 bits per heavy atom. The third-order valence-corrected chi connectivity index (χ3v) is 0. The van der Waals surface area contributed by atoms with Crippen LogP contribution in [0, 0.1) is 0 Å². The zero-order valence-corrected chi connectivity index (χ0v) is 5.58. The summed E-state index contributed by atoms with van der Waals surface area (Å²) in [6.45, 7) is 1.58. The van der Waals surface area contributed by atoms with E-state index in [2.05, 4.69) is 0 Å². The first kappa shape index (κ1) is 4.29. The molecule has 2 heteroatoms. The van der Waals surface area contributed by atoms with E-state index in [0.29, 0.717) is 4.38 Å². The molecule has 0 aromatic carbocycles. The number of hydrogen-bond acceptors (Lipinski definition) is 1. The molecule has 0 bridgehead atoms. The van der Waals surface area contributed by atoms with Crippen LogP contribution >= 0.6 is 0 Å². The van der Waals surface area contributed by atoms with E-state index in [0.717, 1.165) is 18.3 Å². The summed E-state index contributed by atoms with van der Waals surface area (Å²) in [5.41, 5.74) is 0. The molecule has 4 heavy (non-hydrogen) atoms. The molecule has 0 rings (SSSR count). The van der Waals surface area contributed by atoms with Gasteiger partial charge in [-0.2, -0.15) is 0 Å². The monoisotopic (exact) mass is 107 g/mol. The molecule has 0 aliphatic carbocycles. The fraction of sp³-hybridized carbons (Fsp3) is 0.500. The van der Waals surface area contributed by atoms with Crippen LogP contribution in [0.15, 0.2) is 0 Å². The van der Waals surface area contributed by atoms with Gasteiger partial charge in [0, 0.05) is 0 Å². The minimum absolute atomic E-state index is 0.292. The fourth-order valence-electron chi connectivity index (χ4n) is 0. The average Bonchev–Trinajstić information content (AvgIpc) is 0.811. The van der Waals surface area contributed by atoms with Crippen LogP contribution in [0.2, 0.25) is 0 Å². The van der Waals surface area contributed by atoms with Crippen molar-refractivity contribution in [3.8, 4) is 0 Å². The molecule has 19 valence electrons. The number of carbonyl (C=O) groups is 1. The third kappa shape index (κ3) is 44.6. The number of carbonyl (C=O) groups excluding carboxylic acids is 1. The van der Waals surface area contributed by atoms with Gasteiger partial charge in [0.05, 0.1) is 0 Å². The Balaban J connectivity index is 2.80. The van der Waals surface area contributed by atoms with Gasteiger partial charge < -0.3 is 0 Å². The molecule has 1 nitrogen and oxygen atoms in total. The van der Waals surface area contributed by atoms with Crippen LogP contribution in [0.5, 0.6) is 0 Å². The molecule has 0 unspecified atom stereocenters. The van der Waals surface area contributed by atoms with E-state index in [-0.39, 0.29) is 0 Å². The van der Waals surface area contributed by atoms with E-state index < -0.39 is 0 Å². The molecule has 0 saturated carbocycles. The Labute approximate surface area is 35.1 Å². The van der Waals surface area contributed by atoms with Crippen molar-refractivity contribution in [2.75, 3.05) is 0 Å². The maximum absolute atomic E-state index is 9.50. The van der Waals surface area contributed by atoms with Gasteiger partial charge in [-0.05, 0) is 0 Å². The van der Waals surface area contributed by atoms with E-state index in [9.17, 15) is 4.79 Å². The molecule has 0 fully saturated rings.